The highest BCUT2D eigenvalue weighted by atomic mass is 79.9. The van der Waals surface area contributed by atoms with Crippen LogP contribution in [0.15, 0.2) is 37.0 Å². The molecule has 0 aliphatic carbocycles. The van der Waals surface area contributed by atoms with Gasteiger partial charge in [-0.2, -0.15) is 0 Å². The topological polar surface area (TPSA) is 12.0 Å². The van der Waals surface area contributed by atoms with Crippen molar-refractivity contribution in [2.75, 3.05) is 6.54 Å². The van der Waals surface area contributed by atoms with Gasteiger partial charge in [-0.1, -0.05) is 34.5 Å². The zero-order valence-electron chi connectivity index (χ0n) is 10.7. The number of nitrogens with one attached hydrogen (secondary N) is 1. The molecule has 1 N–H and O–H groups in total. The van der Waals surface area contributed by atoms with Crippen LogP contribution in [0.2, 0.25) is 5.02 Å². The maximum absolute atomic E-state index is 6.39. The van der Waals surface area contributed by atoms with Gasteiger partial charge < -0.3 is 5.32 Å². The van der Waals surface area contributed by atoms with E-state index in [2.05, 4.69) is 72.2 Å². The number of hydrogen-bond donors (Lipinski definition) is 1. The molecule has 0 fully saturated rings. The summed E-state index contributed by atoms with van der Waals surface area (Å²) in [6.45, 7) is 3.10. The monoisotopic (exact) mass is 499 g/mol. The van der Waals surface area contributed by atoms with Gasteiger partial charge in [-0.05, 0) is 74.7 Å². The predicted octanol–water partition coefficient (Wildman–Crippen LogP) is 6.78. The molecule has 0 bridgehead atoms. The average Bonchev–Trinajstić information content (AvgIpc) is 2.74. The molecule has 108 valence electrons. The second-order valence-electron chi connectivity index (χ2n) is 4.32. The van der Waals surface area contributed by atoms with E-state index in [9.17, 15) is 0 Å². The summed E-state index contributed by atoms with van der Waals surface area (Å²) in [6.07, 6.45) is 1.08. The Morgan fingerprint density at radius 1 is 1.25 bits per heavy atom. The molecule has 1 unspecified atom stereocenters. The molecular weight excluding hydrogens is 489 g/mol. The highest BCUT2D eigenvalue weighted by Crippen LogP contribution is 2.39. The van der Waals surface area contributed by atoms with Gasteiger partial charge in [-0.15, -0.1) is 11.3 Å². The first kappa shape index (κ1) is 17.0. The Bertz CT molecular complexity index is 581. The van der Waals surface area contributed by atoms with E-state index in [0.29, 0.717) is 0 Å². The second-order valence-corrected chi connectivity index (χ2v) is 8.90. The van der Waals surface area contributed by atoms with Gasteiger partial charge in [-0.25, -0.2) is 0 Å². The van der Waals surface area contributed by atoms with E-state index in [4.69, 9.17) is 11.6 Å². The molecule has 1 aromatic heterocycles. The predicted molar refractivity (Wildman–Crippen MR) is 99.0 cm³/mol. The zero-order chi connectivity index (χ0) is 14.7. The van der Waals surface area contributed by atoms with Crippen LogP contribution >= 0.6 is 70.7 Å². The van der Waals surface area contributed by atoms with Crippen LogP contribution in [0.3, 0.4) is 0 Å². The quantitative estimate of drug-likeness (QED) is 0.476. The minimum Gasteiger partial charge on any atom is -0.306 e. The summed E-state index contributed by atoms with van der Waals surface area (Å²) in [5.41, 5.74) is 1.09. The van der Waals surface area contributed by atoms with Crippen LogP contribution in [0.4, 0.5) is 0 Å². The number of rotatable bonds is 5. The van der Waals surface area contributed by atoms with Crippen molar-refractivity contribution in [3.63, 3.8) is 0 Å². The van der Waals surface area contributed by atoms with E-state index < -0.39 is 0 Å². The molecule has 1 heterocycles. The summed E-state index contributed by atoms with van der Waals surface area (Å²) >= 11 is 18.7. The number of halogens is 4. The molecule has 2 rings (SSSR count). The van der Waals surface area contributed by atoms with E-state index in [1.165, 1.54) is 4.88 Å². The Hall–Kier alpha value is 0.610. The van der Waals surface area contributed by atoms with Crippen molar-refractivity contribution in [1.29, 1.82) is 0 Å². The Kier molecular flexibility index (Phi) is 6.57. The first-order chi connectivity index (χ1) is 9.52. The summed E-state index contributed by atoms with van der Waals surface area (Å²) < 4.78 is 3.21. The van der Waals surface area contributed by atoms with Crippen LogP contribution in [0.5, 0.6) is 0 Å². The number of hydrogen-bond acceptors (Lipinski definition) is 2. The maximum Gasteiger partial charge on any atom is 0.0843 e. The molecule has 0 saturated heterocycles. The van der Waals surface area contributed by atoms with E-state index >= 15 is 0 Å². The fourth-order valence-electron chi connectivity index (χ4n) is 1.89. The molecule has 1 aromatic carbocycles. The minimum absolute atomic E-state index is 0.104. The van der Waals surface area contributed by atoms with Crippen LogP contribution in [0.1, 0.15) is 29.8 Å². The number of benzene rings is 1. The van der Waals surface area contributed by atoms with Crippen LogP contribution in [0, 0.1) is 0 Å². The van der Waals surface area contributed by atoms with E-state index in [1.54, 1.807) is 11.3 Å². The summed E-state index contributed by atoms with van der Waals surface area (Å²) in [6, 6.07) is 8.21. The fraction of sp³-hybridized carbons (Fsp3) is 0.286. The highest BCUT2D eigenvalue weighted by molar-refractivity contribution is 9.13. The van der Waals surface area contributed by atoms with Crippen LogP contribution < -0.4 is 5.32 Å². The average molecular weight is 502 g/mol. The van der Waals surface area contributed by atoms with Gasteiger partial charge in [0.1, 0.15) is 0 Å². The zero-order valence-corrected chi connectivity index (χ0v) is 17.1. The van der Waals surface area contributed by atoms with Crippen LogP contribution in [-0.4, -0.2) is 6.54 Å². The molecule has 20 heavy (non-hydrogen) atoms. The van der Waals surface area contributed by atoms with Gasteiger partial charge in [0, 0.05) is 18.8 Å². The Morgan fingerprint density at radius 2 is 2.00 bits per heavy atom. The lowest BCUT2D eigenvalue weighted by Crippen LogP contribution is -2.22. The van der Waals surface area contributed by atoms with Crippen molar-refractivity contribution < 1.29 is 0 Å². The van der Waals surface area contributed by atoms with Crippen molar-refractivity contribution in [2.45, 2.75) is 19.4 Å². The minimum atomic E-state index is 0.104. The van der Waals surface area contributed by atoms with Gasteiger partial charge in [0.15, 0.2) is 0 Å². The Morgan fingerprint density at radius 3 is 2.60 bits per heavy atom. The highest BCUT2D eigenvalue weighted by Gasteiger charge is 2.20. The van der Waals surface area contributed by atoms with Gasteiger partial charge in [0.2, 0.25) is 0 Å². The molecule has 0 saturated carbocycles. The van der Waals surface area contributed by atoms with Crippen molar-refractivity contribution >= 4 is 70.7 Å². The maximum atomic E-state index is 6.39. The fourth-order valence-corrected chi connectivity index (χ4v) is 4.68. The molecule has 0 radical (unpaired) electrons. The standard InChI is InChI=1S/C14H13Br3ClNS/c1-2-5-19-13(12-7-10(16)14(17)20-12)9-6-8(15)3-4-11(9)18/h3-4,6-7,13,19H,2,5H2,1H3. The summed E-state index contributed by atoms with van der Waals surface area (Å²) in [5.74, 6) is 0. The van der Waals surface area contributed by atoms with Crippen molar-refractivity contribution in [2.24, 2.45) is 0 Å². The first-order valence-electron chi connectivity index (χ1n) is 6.16. The number of thiophene rings is 1. The molecule has 0 amide bonds. The van der Waals surface area contributed by atoms with Gasteiger partial charge in [0.05, 0.1) is 9.83 Å². The summed E-state index contributed by atoms with van der Waals surface area (Å²) in [7, 11) is 0. The molecule has 1 nitrogen and oxygen atoms in total. The molecule has 1 atom stereocenters. The Labute approximate surface area is 153 Å². The van der Waals surface area contributed by atoms with Crippen LogP contribution in [-0.2, 0) is 0 Å². The third kappa shape index (κ3) is 4.08. The lowest BCUT2D eigenvalue weighted by atomic mass is 10.1. The summed E-state index contributed by atoms with van der Waals surface area (Å²) in [4.78, 5) is 1.23. The van der Waals surface area contributed by atoms with Crippen LogP contribution in [0.25, 0.3) is 0 Å². The second kappa shape index (κ2) is 7.75. The first-order valence-corrected chi connectivity index (χ1v) is 9.73. The van der Waals surface area contributed by atoms with Crippen molar-refractivity contribution in [3.05, 3.63) is 52.5 Å². The van der Waals surface area contributed by atoms with E-state index in [1.807, 2.05) is 12.1 Å². The van der Waals surface area contributed by atoms with E-state index in [-0.39, 0.29) is 6.04 Å². The molecular formula is C14H13Br3ClNS. The molecule has 6 heteroatoms. The smallest absolute Gasteiger partial charge is 0.0843 e. The van der Waals surface area contributed by atoms with Gasteiger partial charge in [0.25, 0.3) is 0 Å². The van der Waals surface area contributed by atoms with Crippen molar-refractivity contribution in [3.8, 4) is 0 Å². The molecule has 0 aliphatic heterocycles. The molecule has 0 spiro atoms. The third-order valence-electron chi connectivity index (χ3n) is 2.82. The van der Waals surface area contributed by atoms with Crippen molar-refractivity contribution in [1.82, 2.24) is 5.32 Å². The molecule has 0 aliphatic rings. The lowest BCUT2D eigenvalue weighted by molar-refractivity contribution is 0.606. The van der Waals surface area contributed by atoms with Gasteiger partial charge in [-0.3, -0.25) is 0 Å². The molecule has 2 aromatic rings. The van der Waals surface area contributed by atoms with E-state index in [0.717, 1.165) is 36.3 Å². The van der Waals surface area contributed by atoms with Gasteiger partial charge >= 0.3 is 0 Å². The SMILES string of the molecule is CCCNC(c1cc(Br)c(Br)s1)c1cc(Br)ccc1Cl. The summed E-state index contributed by atoms with van der Waals surface area (Å²) in [5, 5.41) is 4.35. The third-order valence-corrected chi connectivity index (χ3v) is 6.97. The Balaban J connectivity index is 2.43. The normalized spacial score (nSPS) is 12.7. The largest absolute Gasteiger partial charge is 0.306 e. The lowest BCUT2D eigenvalue weighted by Gasteiger charge is -2.19.